The van der Waals surface area contributed by atoms with Gasteiger partial charge in [0.1, 0.15) is 5.76 Å². The minimum absolute atomic E-state index is 0. The van der Waals surface area contributed by atoms with Gasteiger partial charge in [0, 0.05) is 24.0 Å². The van der Waals surface area contributed by atoms with Gasteiger partial charge in [-0.25, -0.2) is 0 Å². The van der Waals surface area contributed by atoms with Gasteiger partial charge in [0.15, 0.2) is 5.82 Å². The van der Waals surface area contributed by atoms with Crippen molar-refractivity contribution in [3.8, 4) is 5.82 Å². The predicted octanol–water partition coefficient (Wildman–Crippen LogP) is 1.89. The van der Waals surface area contributed by atoms with Gasteiger partial charge in [0.05, 0.1) is 5.56 Å². The van der Waals surface area contributed by atoms with Crippen molar-refractivity contribution in [2.45, 2.75) is 27.2 Å². The van der Waals surface area contributed by atoms with Gasteiger partial charge in [-0.05, 0) is 39.8 Å². The average molecular weight is 313 g/mol. The third-order valence-corrected chi connectivity index (χ3v) is 3.19. The predicted molar refractivity (Wildman–Crippen MR) is 83.3 cm³/mol. The molecule has 0 aliphatic heterocycles. The van der Waals surface area contributed by atoms with Crippen molar-refractivity contribution in [2.75, 3.05) is 13.1 Å². The highest BCUT2D eigenvalue weighted by Gasteiger charge is 2.17. The summed E-state index contributed by atoms with van der Waals surface area (Å²) in [5.74, 6) is 1.35. The molecule has 0 aliphatic carbocycles. The van der Waals surface area contributed by atoms with Crippen LogP contribution in [0.1, 0.15) is 33.9 Å². The normalized spacial score (nSPS) is 10.3. The number of halogens is 1. The fourth-order valence-corrected chi connectivity index (χ4v) is 2.20. The number of carbonyl (C=O) groups excluding carboxylic acids is 1. The second-order valence-electron chi connectivity index (χ2n) is 4.81. The molecule has 2 aromatic rings. The molecule has 21 heavy (non-hydrogen) atoms. The zero-order valence-electron chi connectivity index (χ0n) is 12.5. The molecule has 7 heteroatoms. The first-order valence-corrected chi connectivity index (χ1v) is 6.65. The first-order valence-electron chi connectivity index (χ1n) is 6.65. The summed E-state index contributed by atoms with van der Waals surface area (Å²) >= 11 is 0. The van der Waals surface area contributed by atoms with Crippen molar-refractivity contribution < 1.29 is 9.32 Å². The van der Waals surface area contributed by atoms with E-state index in [2.05, 4.69) is 10.5 Å². The van der Waals surface area contributed by atoms with Crippen molar-refractivity contribution >= 4 is 18.3 Å². The number of nitrogens with one attached hydrogen (secondary N) is 1. The van der Waals surface area contributed by atoms with Crippen LogP contribution in [-0.4, -0.2) is 28.7 Å². The maximum Gasteiger partial charge on any atom is 0.253 e. The maximum atomic E-state index is 12.1. The summed E-state index contributed by atoms with van der Waals surface area (Å²) in [4.78, 5) is 12.1. The van der Waals surface area contributed by atoms with Crippen LogP contribution in [0.15, 0.2) is 16.7 Å². The van der Waals surface area contributed by atoms with Crippen LogP contribution in [0.2, 0.25) is 0 Å². The van der Waals surface area contributed by atoms with Gasteiger partial charge in [0.25, 0.3) is 5.91 Å². The number of nitrogens with two attached hydrogens (primary N) is 1. The van der Waals surface area contributed by atoms with E-state index in [1.54, 1.807) is 0 Å². The lowest BCUT2D eigenvalue weighted by atomic mass is 10.2. The van der Waals surface area contributed by atoms with Crippen LogP contribution in [0.25, 0.3) is 5.82 Å². The smallest absolute Gasteiger partial charge is 0.253 e. The second-order valence-corrected chi connectivity index (χ2v) is 4.81. The fourth-order valence-electron chi connectivity index (χ4n) is 2.20. The Labute approximate surface area is 130 Å². The summed E-state index contributed by atoms with van der Waals surface area (Å²) in [6.07, 6.45) is 0.771. The van der Waals surface area contributed by atoms with Crippen LogP contribution < -0.4 is 11.1 Å². The fraction of sp³-hybridized carbons (Fsp3) is 0.429. The molecule has 1 amide bonds. The minimum Gasteiger partial charge on any atom is -0.360 e. The van der Waals surface area contributed by atoms with Crippen molar-refractivity contribution in [1.82, 2.24) is 15.0 Å². The Morgan fingerprint density at radius 2 is 2.10 bits per heavy atom. The lowest BCUT2D eigenvalue weighted by molar-refractivity contribution is 0.0953. The van der Waals surface area contributed by atoms with E-state index in [0.717, 1.165) is 23.6 Å². The standard InChI is InChI=1S/C14H20N4O2.ClH/c1-9-7-12(14(19)16-6-4-5-15)11(3)18(9)13-8-10(2)20-17-13;/h7-8H,4-6,15H2,1-3H3,(H,16,19);1H. The van der Waals surface area contributed by atoms with E-state index in [0.29, 0.717) is 24.5 Å². The number of aryl methyl sites for hydroxylation is 2. The third-order valence-electron chi connectivity index (χ3n) is 3.19. The van der Waals surface area contributed by atoms with E-state index < -0.39 is 0 Å². The zero-order valence-corrected chi connectivity index (χ0v) is 13.3. The van der Waals surface area contributed by atoms with Crippen molar-refractivity contribution in [3.63, 3.8) is 0 Å². The molecule has 0 bridgehead atoms. The van der Waals surface area contributed by atoms with E-state index in [4.69, 9.17) is 10.3 Å². The topological polar surface area (TPSA) is 86.1 Å². The van der Waals surface area contributed by atoms with Crippen LogP contribution in [0, 0.1) is 20.8 Å². The highest BCUT2D eigenvalue weighted by atomic mass is 35.5. The summed E-state index contributed by atoms with van der Waals surface area (Å²) in [6.45, 7) is 6.83. The minimum atomic E-state index is -0.0852. The number of hydrogen-bond acceptors (Lipinski definition) is 4. The number of hydrogen-bond donors (Lipinski definition) is 2. The van der Waals surface area contributed by atoms with Gasteiger partial charge in [0.2, 0.25) is 0 Å². The van der Waals surface area contributed by atoms with E-state index in [-0.39, 0.29) is 18.3 Å². The second kappa shape index (κ2) is 7.28. The van der Waals surface area contributed by atoms with Crippen molar-refractivity contribution in [3.05, 3.63) is 34.8 Å². The van der Waals surface area contributed by atoms with Gasteiger partial charge in [-0.15, -0.1) is 12.4 Å². The van der Waals surface area contributed by atoms with Gasteiger partial charge in [-0.2, -0.15) is 0 Å². The molecule has 0 saturated heterocycles. The van der Waals surface area contributed by atoms with E-state index >= 15 is 0 Å². The molecule has 0 aliphatic rings. The molecular weight excluding hydrogens is 292 g/mol. The quantitative estimate of drug-likeness (QED) is 0.826. The number of carbonyl (C=O) groups is 1. The van der Waals surface area contributed by atoms with Crippen LogP contribution >= 0.6 is 12.4 Å². The molecule has 0 spiro atoms. The van der Waals surface area contributed by atoms with Gasteiger partial charge in [-0.1, -0.05) is 5.16 Å². The molecule has 3 N–H and O–H groups in total. The molecule has 0 saturated carbocycles. The molecule has 6 nitrogen and oxygen atoms in total. The number of amides is 1. The summed E-state index contributed by atoms with van der Waals surface area (Å²) < 4.78 is 7.00. The van der Waals surface area contributed by atoms with E-state index in [9.17, 15) is 4.79 Å². The average Bonchev–Trinajstić information content (AvgIpc) is 2.93. The van der Waals surface area contributed by atoms with Crippen LogP contribution in [0.4, 0.5) is 0 Å². The molecular formula is C14H21ClN4O2. The zero-order chi connectivity index (χ0) is 14.7. The molecule has 0 atom stereocenters. The van der Waals surface area contributed by atoms with Crippen molar-refractivity contribution in [2.24, 2.45) is 5.73 Å². The number of nitrogens with zero attached hydrogens (tertiary/aromatic N) is 2. The lowest BCUT2D eigenvalue weighted by Gasteiger charge is -2.06. The third kappa shape index (κ3) is 3.65. The summed E-state index contributed by atoms with van der Waals surface area (Å²) in [7, 11) is 0. The Morgan fingerprint density at radius 3 is 2.67 bits per heavy atom. The van der Waals surface area contributed by atoms with Crippen LogP contribution in [0.5, 0.6) is 0 Å². The molecule has 2 heterocycles. The van der Waals surface area contributed by atoms with E-state index in [1.165, 1.54) is 0 Å². The summed E-state index contributed by atoms with van der Waals surface area (Å²) in [6, 6.07) is 3.70. The molecule has 0 unspecified atom stereocenters. The van der Waals surface area contributed by atoms with E-state index in [1.807, 2.05) is 37.5 Å². The Kier molecular flexibility index (Phi) is 5.99. The van der Waals surface area contributed by atoms with Crippen LogP contribution in [-0.2, 0) is 0 Å². The Bertz CT molecular complexity index is 619. The number of aromatic nitrogens is 2. The van der Waals surface area contributed by atoms with Gasteiger partial charge in [-0.3, -0.25) is 9.36 Å². The molecule has 0 fully saturated rings. The molecule has 2 aromatic heterocycles. The highest BCUT2D eigenvalue weighted by molar-refractivity contribution is 5.95. The molecule has 0 radical (unpaired) electrons. The SMILES string of the molecule is Cc1cc(-n2c(C)cc(C(=O)NCCCN)c2C)no1.Cl. The molecule has 0 aromatic carbocycles. The summed E-state index contributed by atoms with van der Waals surface area (Å²) in [5.41, 5.74) is 7.86. The lowest BCUT2D eigenvalue weighted by Crippen LogP contribution is -2.26. The molecule has 116 valence electrons. The van der Waals surface area contributed by atoms with Gasteiger partial charge < -0.3 is 15.6 Å². The van der Waals surface area contributed by atoms with Gasteiger partial charge >= 0.3 is 0 Å². The maximum absolute atomic E-state index is 12.1. The monoisotopic (exact) mass is 312 g/mol. The first kappa shape index (κ1) is 17.3. The van der Waals surface area contributed by atoms with Crippen LogP contribution in [0.3, 0.4) is 0 Å². The highest BCUT2D eigenvalue weighted by Crippen LogP contribution is 2.20. The Morgan fingerprint density at radius 1 is 1.38 bits per heavy atom. The summed E-state index contributed by atoms with van der Waals surface area (Å²) in [5, 5.41) is 6.86. The molecule has 2 rings (SSSR count). The largest absolute Gasteiger partial charge is 0.360 e. The van der Waals surface area contributed by atoms with Crippen molar-refractivity contribution in [1.29, 1.82) is 0 Å². The first-order chi connectivity index (χ1) is 9.54. The Balaban J connectivity index is 0.00000220. The number of rotatable bonds is 5. The Hall–Kier alpha value is -1.79.